The van der Waals surface area contributed by atoms with Crippen LogP contribution in [0.3, 0.4) is 0 Å². The maximum absolute atomic E-state index is 12.2. The maximum atomic E-state index is 12.2. The number of carbonyl (C=O) groups excluding carboxylic acids is 1. The molecule has 2 fully saturated rings. The van der Waals surface area contributed by atoms with Crippen molar-refractivity contribution in [2.75, 3.05) is 6.54 Å². The summed E-state index contributed by atoms with van der Waals surface area (Å²) in [5.41, 5.74) is 5.97. The monoisotopic (exact) mass is 224 g/mol. The quantitative estimate of drug-likeness (QED) is 0.777. The number of nitrogens with zero attached hydrogens (tertiary/aromatic N) is 1. The van der Waals surface area contributed by atoms with E-state index in [0.29, 0.717) is 6.04 Å². The third kappa shape index (κ3) is 2.10. The predicted molar refractivity (Wildman–Crippen MR) is 64.9 cm³/mol. The first-order valence-corrected chi connectivity index (χ1v) is 6.67. The first-order valence-electron chi connectivity index (χ1n) is 6.67. The molecule has 0 aromatic heterocycles. The summed E-state index contributed by atoms with van der Waals surface area (Å²) in [4.78, 5) is 14.3. The summed E-state index contributed by atoms with van der Waals surface area (Å²) in [6.45, 7) is 4.99. The van der Waals surface area contributed by atoms with E-state index in [1.165, 1.54) is 32.1 Å². The van der Waals surface area contributed by atoms with E-state index in [-0.39, 0.29) is 17.9 Å². The third-order valence-electron chi connectivity index (χ3n) is 4.30. The van der Waals surface area contributed by atoms with Crippen LogP contribution in [0, 0.1) is 11.8 Å². The van der Waals surface area contributed by atoms with Gasteiger partial charge in [0, 0.05) is 12.6 Å². The number of likely N-dealkylation sites (tertiary alicyclic amines) is 1. The molecule has 2 N–H and O–H groups in total. The number of carbonyl (C=O) groups is 1. The topological polar surface area (TPSA) is 46.3 Å². The number of hydrogen-bond acceptors (Lipinski definition) is 2. The molecule has 92 valence electrons. The molecule has 3 heteroatoms. The first kappa shape index (κ1) is 11.9. The zero-order valence-electron chi connectivity index (χ0n) is 10.5. The van der Waals surface area contributed by atoms with E-state index in [0.717, 1.165) is 12.5 Å². The van der Waals surface area contributed by atoms with Crippen LogP contribution in [0.4, 0.5) is 0 Å². The summed E-state index contributed by atoms with van der Waals surface area (Å²) in [5, 5.41) is 0. The molecular weight excluding hydrogens is 200 g/mol. The van der Waals surface area contributed by atoms with Crippen LogP contribution in [0.2, 0.25) is 0 Å². The van der Waals surface area contributed by atoms with Gasteiger partial charge in [-0.15, -0.1) is 0 Å². The highest BCUT2D eigenvalue weighted by Crippen LogP contribution is 2.36. The van der Waals surface area contributed by atoms with Crippen LogP contribution in [0.25, 0.3) is 0 Å². The second kappa shape index (κ2) is 4.74. The minimum absolute atomic E-state index is 0.185. The first-order chi connectivity index (χ1) is 7.61. The normalized spacial score (nSPS) is 31.6. The average Bonchev–Trinajstić information content (AvgIpc) is 2.70. The number of hydrogen-bond donors (Lipinski definition) is 1. The molecule has 2 rings (SSSR count). The minimum Gasteiger partial charge on any atom is -0.338 e. The fourth-order valence-electron chi connectivity index (χ4n) is 3.16. The molecule has 1 saturated heterocycles. The van der Waals surface area contributed by atoms with Crippen LogP contribution in [-0.2, 0) is 4.79 Å². The second-order valence-electron chi connectivity index (χ2n) is 5.70. The highest BCUT2D eigenvalue weighted by molar-refractivity contribution is 5.82. The van der Waals surface area contributed by atoms with Crippen molar-refractivity contribution >= 4 is 5.91 Å². The van der Waals surface area contributed by atoms with Gasteiger partial charge < -0.3 is 10.6 Å². The molecule has 0 aromatic carbocycles. The van der Waals surface area contributed by atoms with Gasteiger partial charge in [0.1, 0.15) is 0 Å². The molecule has 0 spiro atoms. The Labute approximate surface area is 98.4 Å². The summed E-state index contributed by atoms with van der Waals surface area (Å²) in [6, 6.07) is 0.201. The van der Waals surface area contributed by atoms with Crippen LogP contribution in [0.15, 0.2) is 0 Å². The molecule has 3 unspecified atom stereocenters. The molecule has 1 aliphatic carbocycles. The lowest BCUT2D eigenvalue weighted by atomic mass is 9.85. The molecule has 0 aromatic rings. The summed E-state index contributed by atoms with van der Waals surface area (Å²) in [6.07, 6.45) is 6.33. The predicted octanol–water partition coefficient (Wildman–Crippen LogP) is 1.76. The smallest absolute Gasteiger partial charge is 0.240 e. The van der Waals surface area contributed by atoms with Crippen LogP contribution in [0.5, 0.6) is 0 Å². The van der Waals surface area contributed by atoms with Gasteiger partial charge in [0.25, 0.3) is 0 Å². The molecule has 0 radical (unpaired) electrons. The van der Waals surface area contributed by atoms with Gasteiger partial charge in [0.2, 0.25) is 5.91 Å². The Bertz CT molecular complexity index is 265. The second-order valence-corrected chi connectivity index (χ2v) is 5.70. The molecule has 3 atom stereocenters. The van der Waals surface area contributed by atoms with Crippen molar-refractivity contribution in [1.82, 2.24) is 4.90 Å². The van der Waals surface area contributed by atoms with Gasteiger partial charge in [-0.05, 0) is 31.1 Å². The molecule has 1 amide bonds. The van der Waals surface area contributed by atoms with E-state index in [1.54, 1.807) is 0 Å². The van der Waals surface area contributed by atoms with E-state index < -0.39 is 0 Å². The third-order valence-corrected chi connectivity index (χ3v) is 4.30. The molecule has 2 aliphatic rings. The van der Waals surface area contributed by atoms with Gasteiger partial charge >= 0.3 is 0 Å². The van der Waals surface area contributed by atoms with Crippen molar-refractivity contribution in [2.24, 2.45) is 17.6 Å². The summed E-state index contributed by atoms with van der Waals surface area (Å²) >= 11 is 0. The maximum Gasteiger partial charge on any atom is 0.240 e. The van der Waals surface area contributed by atoms with E-state index in [1.807, 2.05) is 13.8 Å². The van der Waals surface area contributed by atoms with E-state index >= 15 is 0 Å². The van der Waals surface area contributed by atoms with Crippen molar-refractivity contribution in [1.29, 1.82) is 0 Å². The van der Waals surface area contributed by atoms with Gasteiger partial charge in [0.15, 0.2) is 0 Å². The Balaban J connectivity index is 2.02. The Morgan fingerprint density at radius 2 is 1.94 bits per heavy atom. The molecule has 1 heterocycles. The van der Waals surface area contributed by atoms with Crippen LogP contribution in [-0.4, -0.2) is 29.4 Å². The molecule has 1 aliphatic heterocycles. The SMILES string of the molecule is CC(C)C(N)C(=O)N1CCC2CCCCC21. The molecule has 3 nitrogen and oxygen atoms in total. The van der Waals surface area contributed by atoms with Crippen molar-refractivity contribution in [2.45, 2.75) is 58.0 Å². The van der Waals surface area contributed by atoms with Crippen molar-refractivity contribution in [3.63, 3.8) is 0 Å². The summed E-state index contributed by atoms with van der Waals surface area (Å²) in [7, 11) is 0. The summed E-state index contributed by atoms with van der Waals surface area (Å²) in [5.74, 6) is 1.19. The van der Waals surface area contributed by atoms with E-state index in [4.69, 9.17) is 5.73 Å². The van der Waals surface area contributed by atoms with Crippen LogP contribution < -0.4 is 5.73 Å². The fourth-order valence-corrected chi connectivity index (χ4v) is 3.16. The van der Waals surface area contributed by atoms with Gasteiger partial charge in [-0.25, -0.2) is 0 Å². The number of rotatable bonds is 2. The minimum atomic E-state index is -0.305. The zero-order chi connectivity index (χ0) is 11.7. The Hall–Kier alpha value is -0.570. The molecular formula is C13H24N2O. The number of fused-ring (bicyclic) bond motifs is 1. The molecule has 16 heavy (non-hydrogen) atoms. The van der Waals surface area contributed by atoms with Crippen LogP contribution >= 0.6 is 0 Å². The van der Waals surface area contributed by atoms with Gasteiger partial charge in [-0.3, -0.25) is 4.79 Å². The van der Waals surface area contributed by atoms with E-state index in [9.17, 15) is 4.79 Å². The van der Waals surface area contributed by atoms with Crippen LogP contribution in [0.1, 0.15) is 46.0 Å². The van der Waals surface area contributed by atoms with Crippen molar-refractivity contribution in [3.8, 4) is 0 Å². The lowest BCUT2D eigenvalue weighted by molar-refractivity contribution is -0.135. The highest BCUT2D eigenvalue weighted by atomic mass is 16.2. The molecule has 0 bridgehead atoms. The number of nitrogens with two attached hydrogens (primary N) is 1. The Morgan fingerprint density at radius 1 is 1.25 bits per heavy atom. The molecule has 1 saturated carbocycles. The average molecular weight is 224 g/mol. The standard InChI is InChI=1S/C13H24N2O/c1-9(2)12(14)13(16)15-8-7-10-5-3-4-6-11(10)15/h9-12H,3-8,14H2,1-2H3. The zero-order valence-corrected chi connectivity index (χ0v) is 10.5. The number of amides is 1. The van der Waals surface area contributed by atoms with Gasteiger partial charge in [-0.1, -0.05) is 26.7 Å². The fraction of sp³-hybridized carbons (Fsp3) is 0.923. The lowest BCUT2D eigenvalue weighted by Gasteiger charge is -2.33. The van der Waals surface area contributed by atoms with Gasteiger partial charge in [0.05, 0.1) is 6.04 Å². The van der Waals surface area contributed by atoms with Crippen molar-refractivity contribution in [3.05, 3.63) is 0 Å². The largest absolute Gasteiger partial charge is 0.338 e. The summed E-state index contributed by atoms with van der Waals surface area (Å²) < 4.78 is 0. The highest BCUT2D eigenvalue weighted by Gasteiger charge is 2.39. The Morgan fingerprint density at radius 3 is 2.62 bits per heavy atom. The van der Waals surface area contributed by atoms with Gasteiger partial charge in [-0.2, -0.15) is 0 Å². The van der Waals surface area contributed by atoms with E-state index in [2.05, 4.69) is 4.90 Å². The Kier molecular flexibility index (Phi) is 3.53. The van der Waals surface area contributed by atoms with Crippen molar-refractivity contribution < 1.29 is 4.79 Å². The lowest BCUT2D eigenvalue weighted by Crippen LogP contribution is -2.49.